The standard InChI is InChI=1S/C18H20ClFN2O4/c19-14-9-13(3-4-15(14)20)21-16(23)10-26-18(25)12-5-7-22(8-6-12)17(24)11-1-2-11/h3-4,9,11-12H,1-2,5-8,10H2,(H,21,23). The lowest BCUT2D eigenvalue weighted by molar-refractivity contribution is -0.154. The number of nitrogens with one attached hydrogen (secondary N) is 1. The van der Waals surface area contributed by atoms with Gasteiger partial charge in [0.05, 0.1) is 10.9 Å². The topological polar surface area (TPSA) is 75.7 Å². The summed E-state index contributed by atoms with van der Waals surface area (Å²) in [5.41, 5.74) is 0.323. The molecule has 2 amide bonds. The van der Waals surface area contributed by atoms with Crippen molar-refractivity contribution in [3.8, 4) is 0 Å². The summed E-state index contributed by atoms with van der Waals surface area (Å²) in [5.74, 6) is -1.47. The number of ether oxygens (including phenoxy) is 1. The van der Waals surface area contributed by atoms with Crippen molar-refractivity contribution in [3.63, 3.8) is 0 Å². The Labute approximate surface area is 155 Å². The number of amides is 2. The Morgan fingerprint density at radius 3 is 2.46 bits per heavy atom. The highest BCUT2D eigenvalue weighted by Crippen LogP contribution is 2.32. The molecular formula is C18H20ClFN2O4. The monoisotopic (exact) mass is 382 g/mol. The number of likely N-dealkylation sites (tertiary alicyclic amines) is 1. The Balaban J connectivity index is 1.40. The summed E-state index contributed by atoms with van der Waals surface area (Å²) in [5, 5.41) is 2.39. The second kappa shape index (κ2) is 8.03. The number of carbonyl (C=O) groups excluding carboxylic acids is 3. The fourth-order valence-corrected chi connectivity index (χ4v) is 3.13. The Morgan fingerprint density at radius 2 is 1.85 bits per heavy atom. The first kappa shape index (κ1) is 18.6. The van der Waals surface area contributed by atoms with Gasteiger partial charge in [-0.05, 0) is 43.9 Å². The smallest absolute Gasteiger partial charge is 0.309 e. The van der Waals surface area contributed by atoms with Crippen LogP contribution in [-0.2, 0) is 19.1 Å². The molecule has 0 bridgehead atoms. The van der Waals surface area contributed by atoms with E-state index in [1.54, 1.807) is 0 Å². The van der Waals surface area contributed by atoms with Crippen LogP contribution in [0.5, 0.6) is 0 Å². The third kappa shape index (κ3) is 4.72. The second-order valence-electron chi connectivity index (χ2n) is 6.66. The molecule has 1 aliphatic carbocycles. The molecular weight excluding hydrogens is 363 g/mol. The molecule has 6 nitrogen and oxygen atoms in total. The van der Waals surface area contributed by atoms with Gasteiger partial charge in [0.2, 0.25) is 5.91 Å². The average molecular weight is 383 g/mol. The van der Waals surface area contributed by atoms with Gasteiger partial charge in [-0.15, -0.1) is 0 Å². The molecule has 1 aromatic rings. The number of piperidine rings is 1. The van der Waals surface area contributed by atoms with Gasteiger partial charge in [0, 0.05) is 24.7 Å². The van der Waals surface area contributed by atoms with Crippen LogP contribution in [0.25, 0.3) is 0 Å². The van der Waals surface area contributed by atoms with Crippen molar-refractivity contribution in [1.82, 2.24) is 4.90 Å². The summed E-state index contributed by atoms with van der Waals surface area (Å²) in [7, 11) is 0. The number of benzene rings is 1. The van der Waals surface area contributed by atoms with E-state index in [0.29, 0.717) is 31.6 Å². The maximum atomic E-state index is 13.1. The van der Waals surface area contributed by atoms with Crippen LogP contribution in [0.4, 0.5) is 10.1 Å². The fraction of sp³-hybridized carbons (Fsp3) is 0.500. The Hall–Kier alpha value is -2.15. The summed E-state index contributed by atoms with van der Waals surface area (Å²) < 4.78 is 18.1. The molecule has 1 saturated carbocycles. The summed E-state index contributed by atoms with van der Waals surface area (Å²) >= 11 is 5.64. The molecule has 0 unspecified atom stereocenters. The van der Waals surface area contributed by atoms with Gasteiger partial charge in [0.1, 0.15) is 5.82 Å². The predicted octanol–water partition coefficient (Wildman–Crippen LogP) is 2.61. The van der Waals surface area contributed by atoms with Crippen LogP contribution in [0.2, 0.25) is 5.02 Å². The molecule has 1 saturated heterocycles. The first-order valence-electron chi connectivity index (χ1n) is 8.64. The van der Waals surface area contributed by atoms with Gasteiger partial charge < -0.3 is 15.0 Å². The minimum atomic E-state index is -0.581. The summed E-state index contributed by atoms with van der Waals surface area (Å²) in [6, 6.07) is 3.79. The Bertz CT molecular complexity index is 715. The van der Waals surface area contributed by atoms with Crippen LogP contribution in [0.3, 0.4) is 0 Å². The zero-order valence-corrected chi connectivity index (χ0v) is 14.9. The predicted molar refractivity (Wildman–Crippen MR) is 93.0 cm³/mol. The zero-order chi connectivity index (χ0) is 18.7. The van der Waals surface area contributed by atoms with Crippen molar-refractivity contribution in [2.24, 2.45) is 11.8 Å². The number of hydrogen-bond acceptors (Lipinski definition) is 4. The van der Waals surface area contributed by atoms with Crippen LogP contribution in [-0.4, -0.2) is 42.4 Å². The Kier molecular flexibility index (Phi) is 5.76. The molecule has 0 spiro atoms. The van der Waals surface area contributed by atoms with Gasteiger partial charge in [-0.2, -0.15) is 0 Å². The van der Waals surface area contributed by atoms with Gasteiger partial charge in [0.15, 0.2) is 6.61 Å². The minimum Gasteiger partial charge on any atom is -0.455 e. The quantitative estimate of drug-likeness (QED) is 0.794. The molecule has 1 aromatic carbocycles. The van der Waals surface area contributed by atoms with E-state index >= 15 is 0 Å². The van der Waals surface area contributed by atoms with Gasteiger partial charge in [-0.25, -0.2) is 4.39 Å². The zero-order valence-electron chi connectivity index (χ0n) is 14.2. The number of rotatable bonds is 5. The van der Waals surface area contributed by atoms with Crippen LogP contribution in [0.15, 0.2) is 18.2 Å². The molecule has 1 N–H and O–H groups in total. The van der Waals surface area contributed by atoms with E-state index in [1.807, 2.05) is 4.90 Å². The van der Waals surface area contributed by atoms with E-state index in [9.17, 15) is 18.8 Å². The van der Waals surface area contributed by atoms with Gasteiger partial charge >= 0.3 is 5.97 Å². The van der Waals surface area contributed by atoms with E-state index in [2.05, 4.69) is 5.32 Å². The first-order chi connectivity index (χ1) is 12.4. The first-order valence-corrected chi connectivity index (χ1v) is 9.02. The summed E-state index contributed by atoms with van der Waals surface area (Å²) in [4.78, 5) is 37.7. The normalized spacial score (nSPS) is 17.7. The number of nitrogens with zero attached hydrogens (tertiary/aromatic N) is 1. The van der Waals surface area contributed by atoms with Crippen LogP contribution in [0, 0.1) is 17.7 Å². The molecule has 140 valence electrons. The van der Waals surface area contributed by atoms with Crippen molar-refractivity contribution >= 4 is 35.1 Å². The lowest BCUT2D eigenvalue weighted by atomic mass is 9.97. The number of halogens is 2. The number of carbonyl (C=O) groups is 3. The van der Waals surface area contributed by atoms with Crippen molar-refractivity contribution in [3.05, 3.63) is 29.0 Å². The number of esters is 1. The molecule has 1 aliphatic heterocycles. The van der Waals surface area contributed by atoms with Crippen molar-refractivity contribution < 1.29 is 23.5 Å². The van der Waals surface area contributed by atoms with E-state index in [-0.39, 0.29) is 22.8 Å². The van der Waals surface area contributed by atoms with Crippen LogP contribution in [0.1, 0.15) is 25.7 Å². The maximum Gasteiger partial charge on any atom is 0.309 e. The molecule has 3 rings (SSSR count). The summed E-state index contributed by atoms with van der Waals surface area (Å²) in [6.07, 6.45) is 3.03. The van der Waals surface area contributed by atoms with Crippen LogP contribution < -0.4 is 5.32 Å². The largest absolute Gasteiger partial charge is 0.455 e. The molecule has 0 aromatic heterocycles. The maximum absolute atomic E-state index is 13.1. The molecule has 0 atom stereocenters. The van der Waals surface area contributed by atoms with Crippen molar-refractivity contribution in [1.29, 1.82) is 0 Å². The van der Waals surface area contributed by atoms with Crippen molar-refractivity contribution in [2.45, 2.75) is 25.7 Å². The lowest BCUT2D eigenvalue weighted by Gasteiger charge is -2.31. The molecule has 8 heteroatoms. The average Bonchev–Trinajstić information content (AvgIpc) is 3.47. The second-order valence-corrected chi connectivity index (χ2v) is 7.07. The fourth-order valence-electron chi connectivity index (χ4n) is 2.95. The highest BCUT2D eigenvalue weighted by Gasteiger charge is 2.36. The molecule has 2 fully saturated rings. The third-order valence-corrected chi connectivity index (χ3v) is 4.91. The van der Waals surface area contributed by atoms with Gasteiger partial charge in [-0.3, -0.25) is 14.4 Å². The highest BCUT2D eigenvalue weighted by molar-refractivity contribution is 6.31. The Morgan fingerprint density at radius 1 is 1.15 bits per heavy atom. The third-order valence-electron chi connectivity index (χ3n) is 4.62. The van der Waals surface area contributed by atoms with Gasteiger partial charge in [-0.1, -0.05) is 11.6 Å². The lowest BCUT2D eigenvalue weighted by Crippen LogP contribution is -2.41. The highest BCUT2D eigenvalue weighted by atomic mass is 35.5. The molecule has 2 aliphatic rings. The molecule has 1 heterocycles. The van der Waals surface area contributed by atoms with E-state index in [1.165, 1.54) is 12.1 Å². The molecule has 0 radical (unpaired) electrons. The van der Waals surface area contributed by atoms with Gasteiger partial charge in [0.25, 0.3) is 5.91 Å². The number of hydrogen-bond donors (Lipinski definition) is 1. The van der Waals surface area contributed by atoms with E-state index in [4.69, 9.17) is 16.3 Å². The molecule has 26 heavy (non-hydrogen) atoms. The summed E-state index contributed by atoms with van der Waals surface area (Å²) in [6.45, 7) is 0.680. The van der Waals surface area contributed by atoms with Crippen molar-refractivity contribution in [2.75, 3.05) is 25.0 Å². The number of anilines is 1. The van der Waals surface area contributed by atoms with E-state index < -0.39 is 24.3 Å². The minimum absolute atomic E-state index is 0.104. The van der Waals surface area contributed by atoms with E-state index in [0.717, 1.165) is 18.9 Å². The van der Waals surface area contributed by atoms with Crippen LogP contribution >= 0.6 is 11.6 Å². The SMILES string of the molecule is O=C(COC(=O)C1CCN(C(=O)C2CC2)CC1)Nc1ccc(F)c(Cl)c1.